The van der Waals surface area contributed by atoms with E-state index in [-0.39, 0.29) is 11.9 Å². The van der Waals surface area contributed by atoms with Crippen molar-refractivity contribution >= 4 is 16.9 Å². The molecule has 1 amide bonds. The molecule has 21 heavy (non-hydrogen) atoms. The second-order valence-corrected chi connectivity index (χ2v) is 5.48. The van der Waals surface area contributed by atoms with E-state index in [2.05, 4.69) is 29.5 Å². The molecule has 1 aromatic carbocycles. The third-order valence-corrected chi connectivity index (χ3v) is 3.69. The fourth-order valence-electron chi connectivity index (χ4n) is 2.43. The molecule has 0 fully saturated rings. The largest absolute Gasteiger partial charge is 0.350 e. The van der Waals surface area contributed by atoms with Gasteiger partial charge >= 0.3 is 0 Å². The number of carbonyl (C=O) groups excluding carboxylic acids is 1. The lowest BCUT2D eigenvalue weighted by molar-refractivity contribution is 0.0938. The van der Waals surface area contributed by atoms with Gasteiger partial charge < -0.3 is 5.32 Å². The van der Waals surface area contributed by atoms with Gasteiger partial charge in [0, 0.05) is 18.2 Å². The number of rotatable bonds is 7. The number of benzene rings is 1. The van der Waals surface area contributed by atoms with Crippen LogP contribution in [0.4, 0.5) is 0 Å². The van der Waals surface area contributed by atoms with Crippen LogP contribution in [-0.2, 0) is 6.54 Å². The smallest absolute Gasteiger partial charge is 0.251 e. The van der Waals surface area contributed by atoms with Gasteiger partial charge in [-0.05, 0) is 38.5 Å². The maximum absolute atomic E-state index is 12.2. The maximum Gasteiger partial charge on any atom is 0.251 e. The van der Waals surface area contributed by atoms with Crippen LogP contribution in [0, 0.1) is 0 Å². The number of carbonyl (C=O) groups is 1. The van der Waals surface area contributed by atoms with Crippen molar-refractivity contribution in [2.24, 2.45) is 0 Å². The van der Waals surface area contributed by atoms with Gasteiger partial charge in [0.05, 0.1) is 5.52 Å². The summed E-state index contributed by atoms with van der Waals surface area (Å²) in [6, 6.07) is 5.76. The van der Waals surface area contributed by atoms with E-state index >= 15 is 0 Å². The zero-order valence-electron chi connectivity index (χ0n) is 13.1. The van der Waals surface area contributed by atoms with Gasteiger partial charge in [-0.25, -0.2) is 4.68 Å². The van der Waals surface area contributed by atoms with Crippen LogP contribution in [0.2, 0.25) is 0 Å². The number of unbranched alkanes of at least 4 members (excludes halogenated alkanes) is 2. The van der Waals surface area contributed by atoms with Crippen LogP contribution >= 0.6 is 0 Å². The molecule has 0 spiro atoms. The van der Waals surface area contributed by atoms with E-state index in [4.69, 9.17) is 0 Å². The molecule has 1 heterocycles. The highest BCUT2D eigenvalue weighted by Gasteiger charge is 2.12. The Morgan fingerprint density at radius 1 is 1.33 bits per heavy atom. The molecule has 0 aliphatic carbocycles. The lowest BCUT2D eigenvalue weighted by Gasteiger charge is -2.13. The molecule has 1 atom stereocenters. The van der Waals surface area contributed by atoms with E-state index in [1.807, 2.05) is 29.8 Å². The van der Waals surface area contributed by atoms with Gasteiger partial charge in [-0.2, -0.15) is 0 Å². The molecule has 1 aromatic heterocycles. The summed E-state index contributed by atoms with van der Waals surface area (Å²) in [5, 5.41) is 11.2. The van der Waals surface area contributed by atoms with Crippen LogP contribution in [0.1, 0.15) is 56.8 Å². The zero-order chi connectivity index (χ0) is 15.2. The molecule has 0 aliphatic heterocycles. The summed E-state index contributed by atoms with van der Waals surface area (Å²) in [5.74, 6) is -0.0352. The minimum atomic E-state index is -0.0352. The van der Waals surface area contributed by atoms with Crippen LogP contribution in [0.5, 0.6) is 0 Å². The highest BCUT2D eigenvalue weighted by molar-refractivity contribution is 5.97. The summed E-state index contributed by atoms with van der Waals surface area (Å²) >= 11 is 0. The Labute approximate surface area is 125 Å². The molecule has 1 N–H and O–H groups in total. The van der Waals surface area contributed by atoms with Gasteiger partial charge in [0.25, 0.3) is 5.91 Å². The van der Waals surface area contributed by atoms with E-state index < -0.39 is 0 Å². The fourth-order valence-corrected chi connectivity index (χ4v) is 2.43. The number of nitrogens with zero attached hydrogens (tertiary/aromatic N) is 3. The van der Waals surface area contributed by atoms with E-state index in [0.717, 1.165) is 30.4 Å². The first-order valence-electron chi connectivity index (χ1n) is 7.79. The minimum Gasteiger partial charge on any atom is -0.350 e. The Morgan fingerprint density at radius 2 is 2.14 bits per heavy atom. The van der Waals surface area contributed by atoms with Gasteiger partial charge in [-0.15, -0.1) is 5.10 Å². The number of hydrogen-bond donors (Lipinski definition) is 1. The molecule has 0 saturated carbocycles. The van der Waals surface area contributed by atoms with Crippen molar-refractivity contribution in [2.45, 2.75) is 59.0 Å². The Balaban J connectivity index is 2.02. The molecule has 0 radical (unpaired) electrons. The van der Waals surface area contributed by atoms with Crippen molar-refractivity contribution < 1.29 is 4.79 Å². The first-order chi connectivity index (χ1) is 10.2. The molecular weight excluding hydrogens is 264 g/mol. The summed E-state index contributed by atoms with van der Waals surface area (Å²) in [4.78, 5) is 12.2. The number of nitrogens with one attached hydrogen (secondary N) is 1. The molecule has 0 bridgehead atoms. The standard InChI is InChI=1S/C16H24N4O/c1-4-6-7-8-12(3)17-16(21)13-9-10-15-14(11-13)18-19-20(15)5-2/h9-12H,4-8H2,1-3H3,(H,17,21). The average molecular weight is 288 g/mol. The van der Waals surface area contributed by atoms with Gasteiger partial charge in [0.2, 0.25) is 0 Å². The van der Waals surface area contributed by atoms with Crippen LogP contribution in [0.15, 0.2) is 18.2 Å². The van der Waals surface area contributed by atoms with Gasteiger partial charge in [-0.3, -0.25) is 4.79 Å². The number of aromatic nitrogens is 3. The number of fused-ring (bicyclic) bond motifs is 1. The molecule has 114 valence electrons. The Bertz CT molecular complexity index is 605. The normalized spacial score (nSPS) is 12.5. The van der Waals surface area contributed by atoms with Gasteiger partial charge in [0.15, 0.2) is 0 Å². The minimum absolute atomic E-state index is 0.0352. The summed E-state index contributed by atoms with van der Waals surface area (Å²) in [6.07, 6.45) is 4.59. The number of aryl methyl sites for hydroxylation is 1. The SMILES string of the molecule is CCCCCC(C)NC(=O)c1ccc2c(c1)nnn2CC. The molecule has 2 rings (SSSR count). The molecule has 5 heteroatoms. The van der Waals surface area contributed by atoms with E-state index in [0.29, 0.717) is 5.56 Å². The summed E-state index contributed by atoms with van der Waals surface area (Å²) in [5.41, 5.74) is 2.38. The maximum atomic E-state index is 12.2. The van der Waals surface area contributed by atoms with Crippen LogP contribution < -0.4 is 5.32 Å². The lowest BCUT2D eigenvalue weighted by atomic mass is 10.1. The predicted octanol–water partition coefficient (Wildman–Crippen LogP) is 3.15. The highest BCUT2D eigenvalue weighted by Crippen LogP contribution is 2.14. The number of hydrogen-bond acceptors (Lipinski definition) is 3. The van der Waals surface area contributed by atoms with Crippen molar-refractivity contribution in [1.29, 1.82) is 0 Å². The van der Waals surface area contributed by atoms with Gasteiger partial charge in [-0.1, -0.05) is 31.4 Å². The monoisotopic (exact) mass is 288 g/mol. The van der Waals surface area contributed by atoms with E-state index in [9.17, 15) is 4.79 Å². The van der Waals surface area contributed by atoms with Crippen LogP contribution in [0.3, 0.4) is 0 Å². The molecule has 1 unspecified atom stereocenters. The molecule has 5 nitrogen and oxygen atoms in total. The van der Waals surface area contributed by atoms with Crippen LogP contribution in [-0.4, -0.2) is 26.9 Å². The van der Waals surface area contributed by atoms with Crippen molar-refractivity contribution in [3.63, 3.8) is 0 Å². The zero-order valence-corrected chi connectivity index (χ0v) is 13.1. The summed E-state index contributed by atoms with van der Waals surface area (Å²) in [6.45, 7) is 7.03. The van der Waals surface area contributed by atoms with Crippen molar-refractivity contribution in [2.75, 3.05) is 0 Å². The second kappa shape index (κ2) is 7.20. The second-order valence-electron chi connectivity index (χ2n) is 5.48. The van der Waals surface area contributed by atoms with Crippen molar-refractivity contribution in [3.8, 4) is 0 Å². The van der Waals surface area contributed by atoms with Crippen molar-refractivity contribution in [3.05, 3.63) is 23.8 Å². The number of amides is 1. The summed E-state index contributed by atoms with van der Waals surface area (Å²) < 4.78 is 1.82. The average Bonchev–Trinajstić information content (AvgIpc) is 2.89. The molecule has 0 aliphatic rings. The molecular formula is C16H24N4O. The third-order valence-electron chi connectivity index (χ3n) is 3.69. The van der Waals surface area contributed by atoms with Gasteiger partial charge in [0.1, 0.15) is 5.52 Å². The molecule has 2 aromatic rings. The summed E-state index contributed by atoms with van der Waals surface area (Å²) in [7, 11) is 0. The predicted molar refractivity (Wildman–Crippen MR) is 84.3 cm³/mol. The highest BCUT2D eigenvalue weighted by atomic mass is 16.1. The lowest BCUT2D eigenvalue weighted by Crippen LogP contribution is -2.32. The van der Waals surface area contributed by atoms with E-state index in [1.54, 1.807) is 0 Å². The first kappa shape index (κ1) is 15.5. The Morgan fingerprint density at radius 3 is 2.86 bits per heavy atom. The van der Waals surface area contributed by atoms with Crippen LogP contribution in [0.25, 0.3) is 11.0 Å². The fraction of sp³-hybridized carbons (Fsp3) is 0.562. The Hall–Kier alpha value is -1.91. The third kappa shape index (κ3) is 3.80. The Kier molecular flexibility index (Phi) is 5.31. The van der Waals surface area contributed by atoms with Crippen molar-refractivity contribution in [1.82, 2.24) is 20.3 Å². The molecule has 0 saturated heterocycles. The quantitative estimate of drug-likeness (QED) is 0.796. The first-order valence-corrected chi connectivity index (χ1v) is 7.79. The van der Waals surface area contributed by atoms with E-state index in [1.165, 1.54) is 12.8 Å². The topological polar surface area (TPSA) is 59.8 Å².